The van der Waals surface area contributed by atoms with Crippen molar-refractivity contribution in [3.05, 3.63) is 30.3 Å². The summed E-state index contributed by atoms with van der Waals surface area (Å²) < 4.78 is 5.85. The van der Waals surface area contributed by atoms with Gasteiger partial charge < -0.3 is 15.2 Å². The molecule has 1 atom stereocenters. The highest BCUT2D eigenvalue weighted by Gasteiger charge is 2.28. The molecule has 1 fully saturated rings. The minimum absolute atomic E-state index is 0.0319. The van der Waals surface area contributed by atoms with Gasteiger partial charge in [0.25, 0.3) is 5.91 Å². The molecule has 0 saturated carbocycles. The third kappa shape index (κ3) is 2.44. The maximum atomic E-state index is 11.8. The molecule has 114 valence electrons. The first-order chi connectivity index (χ1) is 10.6. The Morgan fingerprint density at radius 1 is 1.41 bits per heavy atom. The van der Waals surface area contributed by atoms with E-state index in [-0.39, 0.29) is 12.5 Å². The van der Waals surface area contributed by atoms with Crippen LogP contribution < -0.4 is 15.5 Å². The van der Waals surface area contributed by atoms with Crippen LogP contribution in [0.4, 0.5) is 9.59 Å². The number of nitrogens with one attached hydrogen (secondary N) is 2. The summed E-state index contributed by atoms with van der Waals surface area (Å²) >= 11 is 0. The summed E-state index contributed by atoms with van der Waals surface area (Å²) in [5, 5.41) is 12.1. The summed E-state index contributed by atoms with van der Waals surface area (Å²) in [6, 6.07) is 7.23. The lowest BCUT2D eigenvalue weighted by Crippen LogP contribution is -2.43. The zero-order valence-electron chi connectivity index (χ0n) is 11.1. The number of hydrogen-bond acceptors (Lipinski definition) is 5. The van der Waals surface area contributed by atoms with Gasteiger partial charge in [0.2, 0.25) is 5.88 Å². The first-order valence-electron chi connectivity index (χ1n) is 6.30. The van der Waals surface area contributed by atoms with Gasteiger partial charge in [0, 0.05) is 11.5 Å². The molecule has 9 heteroatoms. The topological polar surface area (TPSA) is 119 Å². The quantitative estimate of drug-likeness (QED) is 0.751. The van der Waals surface area contributed by atoms with Gasteiger partial charge in [0.15, 0.2) is 0 Å². The van der Waals surface area contributed by atoms with Crippen LogP contribution in [0.3, 0.4) is 0 Å². The molecule has 1 saturated heterocycles. The SMILES string of the molecule is O=C(N[C@@H]1CONC1=O)Oc1cc2ccccc2n1C(=O)O. The van der Waals surface area contributed by atoms with Crippen molar-refractivity contribution in [2.75, 3.05) is 6.61 Å². The Morgan fingerprint density at radius 2 is 2.18 bits per heavy atom. The van der Waals surface area contributed by atoms with Gasteiger partial charge in [0.1, 0.15) is 12.6 Å². The summed E-state index contributed by atoms with van der Waals surface area (Å²) in [6.45, 7) is -0.0319. The van der Waals surface area contributed by atoms with Crippen molar-refractivity contribution >= 4 is 29.0 Å². The molecule has 2 aromatic rings. The molecular formula is C13H11N3O6. The van der Waals surface area contributed by atoms with E-state index in [1.807, 2.05) is 0 Å². The number of nitrogens with zero attached hydrogens (tertiary/aromatic N) is 1. The summed E-state index contributed by atoms with van der Waals surface area (Å²) in [7, 11) is 0. The van der Waals surface area contributed by atoms with Gasteiger partial charge in [-0.25, -0.2) is 19.6 Å². The third-order valence-electron chi connectivity index (χ3n) is 3.10. The van der Waals surface area contributed by atoms with E-state index >= 15 is 0 Å². The molecule has 1 aromatic carbocycles. The third-order valence-corrected chi connectivity index (χ3v) is 3.10. The molecule has 2 heterocycles. The molecule has 3 N–H and O–H groups in total. The van der Waals surface area contributed by atoms with E-state index in [2.05, 4.69) is 15.6 Å². The van der Waals surface area contributed by atoms with Gasteiger partial charge in [-0.15, -0.1) is 0 Å². The number of ether oxygens (including phenoxy) is 1. The Morgan fingerprint density at radius 3 is 2.86 bits per heavy atom. The average molecular weight is 305 g/mol. The van der Waals surface area contributed by atoms with Gasteiger partial charge in [-0.05, 0) is 6.07 Å². The molecule has 0 unspecified atom stereocenters. The molecule has 0 radical (unpaired) electrons. The number of benzene rings is 1. The van der Waals surface area contributed by atoms with Crippen LogP contribution >= 0.6 is 0 Å². The molecule has 22 heavy (non-hydrogen) atoms. The Labute approximate surface area is 123 Å². The molecule has 2 amide bonds. The molecule has 1 aliphatic heterocycles. The van der Waals surface area contributed by atoms with Crippen molar-refractivity contribution in [3.63, 3.8) is 0 Å². The zero-order valence-corrected chi connectivity index (χ0v) is 11.1. The number of para-hydroxylation sites is 1. The largest absolute Gasteiger partial charge is 0.464 e. The zero-order chi connectivity index (χ0) is 15.7. The Kier molecular flexibility index (Phi) is 3.39. The smallest absolute Gasteiger partial charge is 0.418 e. The first-order valence-corrected chi connectivity index (χ1v) is 6.30. The highest BCUT2D eigenvalue weighted by Crippen LogP contribution is 2.25. The van der Waals surface area contributed by atoms with E-state index in [4.69, 9.17) is 4.74 Å². The van der Waals surface area contributed by atoms with Crippen LogP contribution in [0.15, 0.2) is 30.3 Å². The average Bonchev–Trinajstić information content (AvgIpc) is 3.02. The number of rotatable bonds is 2. The minimum atomic E-state index is -1.29. The summed E-state index contributed by atoms with van der Waals surface area (Å²) in [5.41, 5.74) is 2.47. The second-order valence-corrected chi connectivity index (χ2v) is 4.52. The van der Waals surface area contributed by atoms with Crippen LogP contribution in [0.25, 0.3) is 10.9 Å². The highest BCUT2D eigenvalue weighted by atomic mass is 16.7. The fourth-order valence-corrected chi connectivity index (χ4v) is 2.12. The molecule has 1 aromatic heterocycles. The van der Waals surface area contributed by atoms with Gasteiger partial charge in [-0.2, -0.15) is 0 Å². The number of amides is 2. The van der Waals surface area contributed by atoms with Crippen molar-refractivity contribution in [2.45, 2.75) is 6.04 Å². The molecule has 0 aliphatic carbocycles. The normalized spacial score (nSPS) is 17.3. The van der Waals surface area contributed by atoms with E-state index in [1.165, 1.54) is 6.07 Å². The molecule has 1 aliphatic rings. The van der Waals surface area contributed by atoms with Crippen LogP contribution in [-0.2, 0) is 9.63 Å². The summed E-state index contributed by atoms with van der Waals surface area (Å²) in [6.07, 6.45) is -2.23. The van der Waals surface area contributed by atoms with E-state index < -0.39 is 24.1 Å². The maximum absolute atomic E-state index is 11.8. The fraction of sp³-hybridized carbons (Fsp3) is 0.154. The van der Waals surface area contributed by atoms with Gasteiger partial charge in [0.05, 0.1) is 5.52 Å². The number of fused-ring (bicyclic) bond motifs is 1. The predicted octanol–water partition coefficient (Wildman–Crippen LogP) is 0.686. The van der Waals surface area contributed by atoms with Crippen molar-refractivity contribution in [2.24, 2.45) is 0 Å². The van der Waals surface area contributed by atoms with E-state index in [0.29, 0.717) is 10.9 Å². The standard InChI is InChI=1S/C13H11N3O6/c17-11-8(6-21-15-11)14-12(18)22-10-5-7-3-1-2-4-9(7)16(10)13(19)20/h1-5,8H,6H2,(H,14,18)(H,15,17)(H,19,20)/t8-/m1/s1. The monoisotopic (exact) mass is 305 g/mol. The van der Waals surface area contributed by atoms with Crippen LogP contribution in [0.2, 0.25) is 0 Å². The molecular weight excluding hydrogens is 294 g/mol. The van der Waals surface area contributed by atoms with Gasteiger partial charge in [-0.3, -0.25) is 9.63 Å². The second-order valence-electron chi connectivity index (χ2n) is 4.52. The molecule has 0 bridgehead atoms. The van der Waals surface area contributed by atoms with E-state index in [0.717, 1.165) is 4.57 Å². The van der Waals surface area contributed by atoms with Crippen LogP contribution in [0.5, 0.6) is 5.88 Å². The lowest BCUT2D eigenvalue weighted by Gasteiger charge is -2.09. The number of carboxylic acid groups (broad SMARTS) is 1. The van der Waals surface area contributed by atoms with Crippen molar-refractivity contribution < 1.29 is 29.1 Å². The second kappa shape index (κ2) is 5.37. The van der Waals surface area contributed by atoms with Gasteiger partial charge in [-0.1, -0.05) is 18.2 Å². The Hall–Kier alpha value is -3.07. The maximum Gasteiger partial charge on any atom is 0.418 e. The number of hydroxylamine groups is 1. The number of hydrogen-bond donors (Lipinski definition) is 3. The van der Waals surface area contributed by atoms with Crippen LogP contribution in [0, 0.1) is 0 Å². The van der Waals surface area contributed by atoms with E-state index in [9.17, 15) is 19.5 Å². The molecule has 3 rings (SSSR count). The fourth-order valence-electron chi connectivity index (χ4n) is 2.12. The van der Waals surface area contributed by atoms with Crippen LogP contribution in [-0.4, -0.2) is 40.4 Å². The molecule has 9 nitrogen and oxygen atoms in total. The van der Waals surface area contributed by atoms with Crippen molar-refractivity contribution in [3.8, 4) is 5.88 Å². The van der Waals surface area contributed by atoms with Crippen molar-refractivity contribution in [1.29, 1.82) is 0 Å². The predicted molar refractivity (Wildman–Crippen MR) is 72.4 cm³/mol. The Balaban J connectivity index is 1.84. The van der Waals surface area contributed by atoms with Crippen LogP contribution in [0.1, 0.15) is 0 Å². The summed E-state index contributed by atoms with van der Waals surface area (Å²) in [4.78, 5) is 39.1. The van der Waals surface area contributed by atoms with Gasteiger partial charge >= 0.3 is 12.2 Å². The van der Waals surface area contributed by atoms with E-state index in [1.54, 1.807) is 24.3 Å². The lowest BCUT2D eigenvalue weighted by atomic mass is 10.2. The highest BCUT2D eigenvalue weighted by molar-refractivity contribution is 5.92. The number of carbonyl (C=O) groups excluding carboxylic acids is 2. The first kappa shape index (κ1) is 13.9. The van der Waals surface area contributed by atoms with Crippen molar-refractivity contribution in [1.82, 2.24) is 15.4 Å². The number of aromatic nitrogens is 1. The molecule has 0 spiro atoms. The minimum Gasteiger partial charge on any atom is -0.464 e. The Bertz CT molecular complexity index is 768. The number of carbonyl (C=O) groups is 3. The lowest BCUT2D eigenvalue weighted by molar-refractivity contribution is -0.125. The summed E-state index contributed by atoms with van der Waals surface area (Å²) in [5.74, 6) is -0.666.